The van der Waals surface area contributed by atoms with E-state index < -0.39 is 44.0 Å². The van der Waals surface area contributed by atoms with Gasteiger partial charge in [0.25, 0.3) is 0 Å². The Labute approximate surface area is 290 Å². The van der Waals surface area contributed by atoms with Crippen LogP contribution in [0.15, 0.2) is 0 Å². The second-order valence-corrected chi connectivity index (χ2v) is 17.2. The molecule has 1 aliphatic rings. The molecular weight excluding hydrogens is 744 g/mol. The summed E-state index contributed by atoms with van der Waals surface area (Å²) < 4.78 is 45.2. The molecule has 15 nitrogen and oxygen atoms in total. The van der Waals surface area contributed by atoms with E-state index in [1.807, 2.05) is 53.0 Å². The van der Waals surface area contributed by atoms with Gasteiger partial charge in [0.2, 0.25) is 11.8 Å². The summed E-state index contributed by atoms with van der Waals surface area (Å²) in [6.07, 6.45) is 0.874. The predicted octanol–water partition coefficient (Wildman–Crippen LogP) is 4.99. The van der Waals surface area contributed by atoms with Crippen molar-refractivity contribution in [3.05, 3.63) is 3.83 Å². The van der Waals surface area contributed by atoms with E-state index >= 15 is 0 Å². The fourth-order valence-corrected chi connectivity index (χ4v) is 7.30. The number of halogens is 1. The highest BCUT2D eigenvalue weighted by Crippen LogP contribution is 2.43. The maximum atomic E-state index is 14.2. The topological polar surface area (TPSA) is 191 Å². The molecule has 0 saturated carbocycles. The zero-order valence-electron chi connectivity index (χ0n) is 29.1. The maximum absolute atomic E-state index is 14.2. The highest BCUT2D eigenvalue weighted by molar-refractivity contribution is 14.1. The van der Waals surface area contributed by atoms with Crippen molar-refractivity contribution < 1.29 is 37.6 Å². The van der Waals surface area contributed by atoms with Gasteiger partial charge in [-0.15, -0.1) is 0 Å². The van der Waals surface area contributed by atoms with E-state index in [1.165, 1.54) is 21.0 Å². The first kappa shape index (κ1) is 39.3. The highest BCUT2D eigenvalue weighted by Gasteiger charge is 2.39. The number of nitrogen functional groups attached to an aromatic ring is 1. The number of carbonyl (C=O) groups excluding carboxylic acids is 2. The molecule has 0 aliphatic carbocycles. The average Bonchev–Trinajstić information content (AvgIpc) is 3.47. The lowest BCUT2D eigenvalue weighted by molar-refractivity contribution is -0.146. The van der Waals surface area contributed by atoms with Gasteiger partial charge in [-0.2, -0.15) is 9.97 Å². The number of nitrogens with two attached hydrogens (primary N) is 1. The number of rotatable bonds is 15. The van der Waals surface area contributed by atoms with E-state index in [-0.39, 0.29) is 48.4 Å². The molecule has 47 heavy (non-hydrogen) atoms. The van der Waals surface area contributed by atoms with Crippen LogP contribution < -0.4 is 20.6 Å². The van der Waals surface area contributed by atoms with Gasteiger partial charge in [-0.25, -0.2) is 15.2 Å². The first-order chi connectivity index (χ1) is 21.7. The molecule has 0 bridgehead atoms. The number of esters is 2. The summed E-state index contributed by atoms with van der Waals surface area (Å²) in [5.41, 5.74) is 6.79. The number of imidazole rings is 1. The Kier molecular flexibility index (Phi) is 13.4. The van der Waals surface area contributed by atoms with Crippen molar-refractivity contribution in [3.8, 4) is 5.88 Å². The van der Waals surface area contributed by atoms with Crippen molar-refractivity contribution in [2.24, 2.45) is 16.7 Å². The van der Waals surface area contributed by atoms with E-state index in [1.54, 1.807) is 0 Å². The van der Waals surface area contributed by atoms with Gasteiger partial charge in [-0.3, -0.25) is 18.7 Å². The van der Waals surface area contributed by atoms with Crippen LogP contribution in [-0.4, -0.2) is 76.6 Å². The van der Waals surface area contributed by atoms with Crippen LogP contribution in [0, 0.1) is 20.6 Å². The number of methoxy groups -OCH3 is 1. The molecule has 266 valence electrons. The van der Waals surface area contributed by atoms with Crippen LogP contribution in [0.1, 0.15) is 87.8 Å². The Morgan fingerprint density at radius 1 is 1.02 bits per heavy atom. The molecule has 0 aromatic carbocycles. The number of hydrogen-bond acceptors (Lipinski definition) is 12. The lowest BCUT2D eigenvalue weighted by Crippen LogP contribution is -2.43. The number of anilines is 1. The molecule has 5 atom stereocenters. The van der Waals surface area contributed by atoms with Crippen LogP contribution in [-0.2, 0) is 32.9 Å². The maximum Gasteiger partial charge on any atom is 0.342 e. The molecule has 4 N–H and O–H groups in total. The Balaban J connectivity index is 1.74. The number of nitrogens with one attached hydrogen (secondary N) is 2. The Hall–Kier alpha value is -2.11. The molecular formula is C30H51IN7O8P. The molecule has 1 aliphatic heterocycles. The summed E-state index contributed by atoms with van der Waals surface area (Å²) in [7, 11) is -2.56. The summed E-state index contributed by atoms with van der Waals surface area (Å²) in [5.74, 6) is -0.920. The van der Waals surface area contributed by atoms with Crippen LogP contribution in [0.3, 0.4) is 0 Å². The Morgan fingerprint density at radius 2 is 1.55 bits per heavy atom. The fourth-order valence-electron chi connectivity index (χ4n) is 4.73. The van der Waals surface area contributed by atoms with Gasteiger partial charge in [-0.05, 0) is 43.9 Å². The van der Waals surface area contributed by atoms with Crippen LogP contribution in [0.5, 0.6) is 5.88 Å². The van der Waals surface area contributed by atoms with E-state index in [4.69, 9.17) is 29.2 Å². The molecule has 3 heterocycles. The van der Waals surface area contributed by atoms with Gasteiger partial charge in [0.05, 0.1) is 33.0 Å². The minimum Gasteiger partial charge on any atom is -0.479 e. The van der Waals surface area contributed by atoms with Gasteiger partial charge >= 0.3 is 19.6 Å². The Morgan fingerprint density at radius 3 is 2.04 bits per heavy atom. The van der Waals surface area contributed by atoms with Crippen molar-refractivity contribution in [1.29, 1.82) is 0 Å². The number of aromatic nitrogens is 4. The van der Waals surface area contributed by atoms with Gasteiger partial charge in [-0.1, -0.05) is 48.5 Å². The number of nitrogens with zero attached hydrogens (tertiary/aromatic N) is 4. The van der Waals surface area contributed by atoms with E-state index in [0.29, 0.717) is 34.3 Å². The first-order valence-electron chi connectivity index (χ1n) is 15.8. The summed E-state index contributed by atoms with van der Waals surface area (Å²) in [6.45, 7) is 17.6. The molecule has 0 radical (unpaired) electrons. The SMILES string of the molecule is COc1nc(N)nc2c1nc(I)n2[C@@H]1O[C@H](COP(=O)(N[C@@H](C)C(=O)OCCC(C)(C)C)N[C@@H](C)C(=O)OCCC(C)(C)C)C[C@@H]1C. The van der Waals surface area contributed by atoms with Crippen molar-refractivity contribution in [2.75, 3.05) is 32.7 Å². The molecule has 3 rings (SSSR count). The lowest BCUT2D eigenvalue weighted by atomic mass is 9.93. The van der Waals surface area contributed by atoms with Crippen LogP contribution in [0.25, 0.3) is 11.2 Å². The van der Waals surface area contributed by atoms with E-state index in [0.717, 1.165) is 0 Å². The van der Waals surface area contributed by atoms with Crippen molar-refractivity contribution >= 4 is 59.3 Å². The molecule has 17 heteroatoms. The van der Waals surface area contributed by atoms with Gasteiger partial charge in [0.1, 0.15) is 18.3 Å². The summed E-state index contributed by atoms with van der Waals surface area (Å²) >= 11 is 2.09. The smallest absolute Gasteiger partial charge is 0.342 e. The minimum atomic E-state index is -4.04. The van der Waals surface area contributed by atoms with Crippen LogP contribution in [0.4, 0.5) is 5.95 Å². The fraction of sp³-hybridized carbons (Fsp3) is 0.767. The minimum absolute atomic E-state index is 0.0227. The second-order valence-electron chi connectivity index (χ2n) is 14.4. The van der Waals surface area contributed by atoms with E-state index in [2.05, 4.69) is 47.7 Å². The molecule has 0 unspecified atom stereocenters. The summed E-state index contributed by atoms with van der Waals surface area (Å²) in [6, 6.07) is -2.01. The quantitative estimate of drug-likeness (QED) is 0.0946. The molecule has 1 fully saturated rings. The molecule has 0 amide bonds. The van der Waals surface area contributed by atoms with Crippen molar-refractivity contribution in [2.45, 2.75) is 106 Å². The van der Waals surface area contributed by atoms with Crippen LogP contribution >= 0.6 is 30.3 Å². The normalized spacial score (nSPS) is 20.3. The van der Waals surface area contributed by atoms with Gasteiger partial charge in [0.15, 0.2) is 15.0 Å². The third-order valence-electron chi connectivity index (χ3n) is 7.45. The molecule has 2 aromatic heterocycles. The third kappa shape index (κ3) is 11.5. The monoisotopic (exact) mass is 795 g/mol. The third-order valence-corrected chi connectivity index (χ3v) is 10.2. The van der Waals surface area contributed by atoms with Gasteiger partial charge < -0.3 is 29.2 Å². The lowest BCUT2D eigenvalue weighted by Gasteiger charge is -2.27. The Bertz CT molecular complexity index is 1400. The number of fused-ring (bicyclic) bond motifs is 1. The summed E-state index contributed by atoms with van der Waals surface area (Å²) in [4.78, 5) is 38.7. The predicted molar refractivity (Wildman–Crippen MR) is 186 cm³/mol. The second kappa shape index (κ2) is 16.1. The van der Waals surface area contributed by atoms with Crippen molar-refractivity contribution in [3.63, 3.8) is 0 Å². The number of ether oxygens (including phenoxy) is 4. The zero-order valence-corrected chi connectivity index (χ0v) is 32.1. The molecule has 0 spiro atoms. The van der Waals surface area contributed by atoms with E-state index in [9.17, 15) is 14.2 Å². The number of hydrogen-bond donors (Lipinski definition) is 3. The van der Waals surface area contributed by atoms with Crippen molar-refractivity contribution in [1.82, 2.24) is 29.7 Å². The standard InChI is InChI=1S/C30H51IN7O8P/c1-17-15-20(46-24(17)38-22-21(33-27(38)31)23(42-10)35-28(32)34-22)16-45-47(41,36-18(2)25(39)43-13-11-29(4,5)6)37-19(3)26(40)44-14-12-30(7,8)9/h17-20,24H,11-16H2,1-10H3,(H2,32,34,35)(H2,36,37,41)/t17-,18-,19-,20-,24+/m0/s1. The molecule has 1 saturated heterocycles. The number of carbonyl (C=O) groups is 2. The zero-order chi connectivity index (χ0) is 35.3. The van der Waals surface area contributed by atoms with Crippen LogP contribution in [0.2, 0.25) is 0 Å². The molecule has 2 aromatic rings. The highest BCUT2D eigenvalue weighted by atomic mass is 127. The first-order valence-corrected chi connectivity index (χ1v) is 18.5. The largest absolute Gasteiger partial charge is 0.479 e. The average molecular weight is 796 g/mol. The van der Waals surface area contributed by atoms with Gasteiger partial charge in [0, 0.05) is 28.5 Å². The summed E-state index contributed by atoms with van der Waals surface area (Å²) in [5, 5.41) is 5.51.